The zero-order valence-electron chi connectivity index (χ0n) is 16.5. The molecule has 0 aromatic heterocycles. The average Bonchev–Trinajstić information content (AvgIpc) is 2.72. The number of phenolic OH excluding ortho intramolecular Hbond substituents is 1. The van der Waals surface area contributed by atoms with Crippen LogP contribution in [0.4, 0.5) is 5.69 Å². The molecule has 1 N–H and O–H groups in total. The number of aryl methyl sites for hydroxylation is 2. The number of rotatable bonds is 6. The summed E-state index contributed by atoms with van der Waals surface area (Å²) >= 11 is 0. The van der Waals surface area contributed by atoms with Gasteiger partial charge in [-0.05, 0) is 49.2 Å². The second kappa shape index (κ2) is 9.06. The third-order valence-electron chi connectivity index (χ3n) is 4.50. The maximum atomic E-state index is 12.9. The van der Waals surface area contributed by atoms with E-state index in [1.54, 1.807) is 17.9 Å². The van der Waals surface area contributed by atoms with Gasteiger partial charge in [0.15, 0.2) is 6.61 Å². The van der Waals surface area contributed by atoms with Crippen molar-refractivity contribution in [3.05, 3.63) is 95.1 Å². The first kappa shape index (κ1) is 20.1. The molecule has 0 saturated heterocycles. The van der Waals surface area contributed by atoms with Crippen molar-refractivity contribution in [2.24, 2.45) is 0 Å². The van der Waals surface area contributed by atoms with Crippen molar-refractivity contribution in [2.75, 3.05) is 11.5 Å². The van der Waals surface area contributed by atoms with Gasteiger partial charge in [-0.1, -0.05) is 54.1 Å². The zero-order chi connectivity index (χ0) is 20.8. The van der Waals surface area contributed by atoms with E-state index in [-0.39, 0.29) is 17.2 Å². The number of benzene rings is 3. The fourth-order valence-electron chi connectivity index (χ4n) is 2.98. The number of hydrogen-bond acceptors (Lipinski definition) is 4. The Bertz CT molecular complexity index is 1010. The summed E-state index contributed by atoms with van der Waals surface area (Å²) in [5, 5.41) is 9.89. The Morgan fingerprint density at radius 2 is 1.62 bits per heavy atom. The van der Waals surface area contributed by atoms with E-state index in [1.165, 1.54) is 12.1 Å². The smallest absolute Gasteiger partial charge is 0.342 e. The third-order valence-corrected chi connectivity index (χ3v) is 4.50. The number of carbonyl (C=O) groups is 2. The SMILES string of the molecule is Cc1cccc(N(Cc2ccccc2)C(=O)COC(=O)c2cc(C)ccc2O)c1. The van der Waals surface area contributed by atoms with E-state index in [0.717, 1.165) is 22.4 Å². The second-order valence-electron chi connectivity index (χ2n) is 6.90. The molecule has 0 atom stereocenters. The van der Waals surface area contributed by atoms with Crippen molar-refractivity contribution in [1.82, 2.24) is 0 Å². The lowest BCUT2D eigenvalue weighted by molar-refractivity contribution is -0.121. The first-order chi connectivity index (χ1) is 13.9. The molecule has 0 unspecified atom stereocenters. The summed E-state index contributed by atoms with van der Waals surface area (Å²) in [7, 11) is 0. The lowest BCUT2D eigenvalue weighted by Crippen LogP contribution is -2.34. The summed E-state index contributed by atoms with van der Waals surface area (Å²) < 4.78 is 5.21. The Balaban J connectivity index is 1.77. The maximum Gasteiger partial charge on any atom is 0.342 e. The molecule has 3 aromatic rings. The van der Waals surface area contributed by atoms with Gasteiger partial charge < -0.3 is 14.7 Å². The minimum absolute atomic E-state index is 0.0444. The molecule has 0 aliphatic rings. The van der Waals surface area contributed by atoms with Crippen LogP contribution in [-0.2, 0) is 16.1 Å². The van der Waals surface area contributed by atoms with Crippen molar-refractivity contribution < 1.29 is 19.4 Å². The molecule has 0 aliphatic heterocycles. The van der Waals surface area contributed by atoms with Crippen LogP contribution in [0.5, 0.6) is 5.75 Å². The normalized spacial score (nSPS) is 10.4. The minimum atomic E-state index is -0.733. The summed E-state index contributed by atoms with van der Waals surface area (Å²) in [6, 6.07) is 21.9. The molecule has 3 rings (SSSR count). The lowest BCUT2D eigenvalue weighted by Gasteiger charge is -2.23. The quantitative estimate of drug-likeness (QED) is 0.635. The van der Waals surface area contributed by atoms with Crippen LogP contribution in [0.2, 0.25) is 0 Å². The van der Waals surface area contributed by atoms with Gasteiger partial charge in [-0.2, -0.15) is 0 Å². The van der Waals surface area contributed by atoms with E-state index in [0.29, 0.717) is 6.54 Å². The molecule has 3 aromatic carbocycles. The average molecular weight is 389 g/mol. The van der Waals surface area contributed by atoms with Gasteiger partial charge in [-0.25, -0.2) is 4.79 Å². The number of esters is 1. The predicted octanol–water partition coefficient (Wildman–Crippen LogP) is 4.40. The molecule has 0 heterocycles. The van der Waals surface area contributed by atoms with E-state index in [4.69, 9.17) is 4.74 Å². The van der Waals surface area contributed by atoms with Crippen LogP contribution >= 0.6 is 0 Å². The fraction of sp³-hybridized carbons (Fsp3) is 0.167. The molecule has 5 heteroatoms. The molecule has 148 valence electrons. The Morgan fingerprint density at radius 1 is 0.897 bits per heavy atom. The van der Waals surface area contributed by atoms with Gasteiger partial charge >= 0.3 is 5.97 Å². The number of ether oxygens (including phenoxy) is 1. The van der Waals surface area contributed by atoms with E-state index >= 15 is 0 Å². The number of hydrogen-bond donors (Lipinski definition) is 1. The first-order valence-corrected chi connectivity index (χ1v) is 9.32. The van der Waals surface area contributed by atoms with Crippen molar-refractivity contribution in [3.63, 3.8) is 0 Å². The fourth-order valence-corrected chi connectivity index (χ4v) is 2.98. The highest BCUT2D eigenvalue weighted by Crippen LogP contribution is 2.21. The molecule has 1 amide bonds. The van der Waals surface area contributed by atoms with Gasteiger partial charge in [0.25, 0.3) is 5.91 Å². The number of amides is 1. The molecular formula is C24H23NO4. The minimum Gasteiger partial charge on any atom is -0.507 e. The Kier molecular flexibility index (Phi) is 6.29. The number of nitrogens with zero attached hydrogens (tertiary/aromatic N) is 1. The molecule has 0 fully saturated rings. The number of phenols is 1. The Morgan fingerprint density at radius 3 is 2.34 bits per heavy atom. The van der Waals surface area contributed by atoms with Gasteiger partial charge in [-0.3, -0.25) is 4.79 Å². The van der Waals surface area contributed by atoms with Gasteiger partial charge in [-0.15, -0.1) is 0 Å². The van der Waals surface area contributed by atoms with Crippen molar-refractivity contribution in [1.29, 1.82) is 0 Å². The Hall–Kier alpha value is -3.60. The molecule has 0 spiro atoms. The highest BCUT2D eigenvalue weighted by atomic mass is 16.5. The van der Waals surface area contributed by atoms with E-state index in [2.05, 4.69) is 0 Å². The van der Waals surface area contributed by atoms with Crippen LogP contribution in [0.25, 0.3) is 0 Å². The van der Waals surface area contributed by atoms with Gasteiger partial charge in [0.2, 0.25) is 0 Å². The molecule has 0 bridgehead atoms. The molecule has 0 radical (unpaired) electrons. The van der Waals surface area contributed by atoms with Crippen LogP contribution in [0.3, 0.4) is 0 Å². The van der Waals surface area contributed by atoms with Gasteiger partial charge in [0.1, 0.15) is 11.3 Å². The third kappa shape index (κ3) is 5.23. The van der Waals surface area contributed by atoms with Crippen LogP contribution in [0.15, 0.2) is 72.8 Å². The van der Waals surface area contributed by atoms with Crippen LogP contribution in [-0.4, -0.2) is 23.6 Å². The summed E-state index contributed by atoms with van der Waals surface area (Å²) in [6.45, 7) is 3.69. The molecule has 0 aliphatic carbocycles. The summed E-state index contributed by atoms with van der Waals surface area (Å²) in [4.78, 5) is 26.9. The summed E-state index contributed by atoms with van der Waals surface area (Å²) in [5.41, 5.74) is 3.57. The molecule has 5 nitrogen and oxygen atoms in total. The summed E-state index contributed by atoms with van der Waals surface area (Å²) in [6.07, 6.45) is 0. The second-order valence-corrected chi connectivity index (χ2v) is 6.90. The molecule has 29 heavy (non-hydrogen) atoms. The predicted molar refractivity (Wildman–Crippen MR) is 112 cm³/mol. The zero-order valence-corrected chi connectivity index (χ0v) is 16.5. The van der Waals surface area contributed by atoms with Crippen LogP contribution < -0.4 is 4.90 Å². The van der Waals surface area contributed by atoms with Crippen molar-refractivity contribution >= 4 is 17.6 Å². The molecule has 0 saturated carbocycles. The summed E-state index contributed by atoms with van der Waals surface area (Å²) in [5.74, 6) is -1.25. The Labute approximate surface area is 170 Å². The first-order valence-electron chi connectivity index (χ1n) is 9.32. The highest BCUT2D eigenvalue weighted by molar-refractivity contribution is 5.98. The van der Waals surface area contributed by atoms with Crippen molar-refractivity contribution in [3.8, 4) is 5.75 Å². The van der Waals surface area contributed by atoms with Crippen LogP contribution in [0.1, 0.15) is 27.0 Å². The number of anilines is 1. The lowest BCUT2D eigenvalue weighted by atomic mass is 10.1. The van der Waals surface area contributed by atoms with Gasteiger partial charge in [0.05, 0.1) is 6.54 Å². The van der Waals surface area contributed by atoms with E-state index in [9.17, 15) is 14.7 Å². The monoisotopic (exact) mass is 389 g/mol. The number of carbonyl (C=O) groups excluding carboxylic acids is 2. The standard InChI is InChI=1S/C24H23NO4/c1-17-7-6-10-20(13-17)25(15-19-8-4-3-5-9-19)23(27)16-29-24(28)21-14-18(2)11-12-22(21)26/h3-14,26H,15-16H2,1-2H3. The topological polar surface area (TPSA) is 66.8 Å². The van der Waals surface area contributed by atoms with Crippen LogP contribution in [0, 0.1) is 13.8 Å². The maximum absolute atomic E-state index is 12.9. The van der Waals surface area contributed by atoms with Crippen molar-refractivity contribution in [2.45, 2.75) is 20.4 Å². The highest BCUT2D eigenvalue weighted by Gasteiger charge is 2.20. The van der Waals surface area contributed by atoms with Gasteiger partial charge in [0, 0.05) is 5.69 Å². The number of aromatic hydroxyl groups is 1. The van der Waals surface area contributed by atoms with E-state index < -0.39 is 12.6 Å². The van der Waals surface area contributed by atoms with E-state index in [1.807, 2.05) is 61.5 Å². The largest absolute Gasteiger partial charge is 0.507 e. The molecular weight excluding hydrogens is 366 g/mol.